The fourth-order valence-corrected chi connectivity index (χ4v) is 1.69. The van der Waals surface area contributed by atoms with Crippen LogP contribution >= 0.6 is 0 Å². The van der Waals surface area contributed by atoms with Gasteiger partial charge >= 0.3 is 0 Å². The zero-order valence-corrected chi connectivity index (χ0v) is 11.6. The monoisotopic (exact) mass is 249 g/mol. The highest BCUT2D eigenvalue weighted by atomic mass is 16.2. The minimum Gasteiger partial charge on any atom is -0.326 e. The summed E-state index contributed by atoms with van der Waals surface area (Å²) in [5.41, 5.74) is 7.40. The maximum Gasteiger partial charge on any atom is 0.241 e. The standard InChI is InChI=1S/C14H23N3O/c1-10(2)17(4)11(3)14(18)16-13-8-6-5-7-12(13)9-15/h5-8,10-11H,9,15H2,1-4H3,(H,16,18). The van der Waals surface area contributed by atoms with Gasteiger partial charge in [0, 0.05) is 18.3 Å². The van der Waals surface area contributed by atoms with Gasteiger partial charge in [0.2, 0.25) is 5.91 Å². The fraction of sp³-hybridized carbons (Fsp3) is 0.500. The highest BCUT2D eigenvalue weighted by Crippen LogP contribution is 2.15. The normalized spacial score (nSPS) is 12.8. The number of rotatable bonds is 5. The van der Waals surface area contributed by atoms with Gasteiger partial charge in [-0.05, 0) is 39.4 Å². The molecule has 1 unspecified atom stereocenters. The van der Waals surface area contributed by atoms with Gasteiger partial charge in [-0.1, -0.05) is 18.2 Å². The van der Waals surface area contributed by atoms with Crippen LogP contribution in [-0.4, -0.2) is 29.9 Å². The van der Waals surface area contributed by atoms with Crippen LogP contribution in [0.2, 0.25) is 0 Å². The van der Waals surface area contributed by atoms with Gasteiger partial charge < -0.3 is 11.1 Å². The Hall–Kier alpha value is -1.39. The molecule has 4 nitrogen and oxygen atoms in total. The van der Waals surface area contributed by atoms with Crippen LogP contribution in [0.15, 0.2) is 24.3 Å². The molecule has 0 heterocycles. The summed E-state index contributed by atoms with van der Waals surface area (Å²) in [6.45, 7) is 6.46. The largest absolute Gasteiger partial charge is 0.326 e. The Labute approximate surface area is 109 Å². The molecule has 0 aromatic heterocycles. The average molecular weight is 249 g/mol. The van der Waals surface area contributed by atoms with Crippen LogP contribution in [0.25, 0.3) is 0 Å². The van der Waals surface area contributed by atoms with E-state index >= 15 is 0 Å². The zero-order valence-electron chi connectivity index (χ0n) is 11.6. The van der Waals surface area contributed by atoms with Gasteiger partial charge in [0.1, 0.15) is 0 Å². The first kappa shape index (κ1) is 14.7. The molecule has 0 bridgehead atoms. The minimum atomic E-state index is -0.171. The van der Waals surface area contributed by atoms with Crippen LogP contribution in [0.1, 0.15) is 26.3 Å². The molecule has 0 radical (unpaired) electrons. The average Bonchev–Trinajstić information content (AvgIpc) is 2.37. The van der Waals surface area contributed by atoms with Gasteiger partial charge in [0.25, 0.3) is 0 Å². The van der Waals surface area contributed by atoms with E-state index in [1.54, 1.807) is 0 Å². The van der Waals surface area contributed by atoms with Crippen molar-refractivity contribution in [2.45, 2.75) is 39.4 Å². The molecule has 0 aliphatic carbocycles. The summed E-state index contributed by atoms with van der Waals surface area (Å²) in [4.78, 5) is 14.2. The first-order valence-corrected chi connectivity index (χ1v) is 6.28. The van der Waals surface area contributed by atoms with Gasteiger partial charge in [-0.15, -0.1) is 0 Å². The van der Waals surface area contributed by atoms with Crippen molar-refractivity contribution in [1.82, 2.24) is 4.90 Å². The number of amides is 1. The molecule has 0 fully saturated rings. The molecule has 0 saturated heterocycles. The minimum absolute atomic E-state index is 0.00731. The Morgan fingerprint density at radius 2 is 1.94 bits per heavy atom. The van der Waals surface area contributed by atoms with Crippen molar-refractivity contribution in [3.8, 4) is 0 Å². The van der Waals surface area contributed by atoms with Crippen molar-refractivity contribution in [2.75, 3.05) is 12.4 Å². The Bertz CT molecular complexity index is 404. The second-order valence-corrected chi connectivity index (χ2v) is 4.79. The second kappa shape index (κ2) is 6.52. The lowest BCUT2D eigenvalue weighted by atomic mass is 10.1. The summed E-state index contributed by atoms with van der Waals surface area (Å²) in [7, 11) is 1.95. The Balaban J connectivity index is 2.75. The van der Waals surface area contributed by atoms with Crippen LogP contribution in [0.4, 0.5) is 5.69 Å². The maximum absolute atomic E-state index is 12.1. The number of likely N-dealkylation sites (N-methyl/N-ethyl adjacent to an activating group) is 1. The number of nitrogens with two attached hydrogens (primary N) is 1. The van der Waals surface area contributed by atoms with Crippen molar-refractivity contribution in [1.29, 1.82) is 0 Å². The molecule has 1 atom stereocenters. The number of hydrogen-bond donors (Lipinski definition) is 2. The number of nitrogens with one attached hydrogen (secondary N) is 1. The summed E-state index contributed by atoms with van der Waals surface area (Å²) in [6.07, 6.45) is 0. The summed E-state index contributed by atoms with van der Waals surface area (Å²) in [5.74, 6) is -0.00731. The number of para-hydroxylation sites is 1. The van der Waals surface area contributed by atoms with Crippen LogP contribution in [0, 0.1) is 0 Å². The van der Waals surface area contributed by atoms with Gasteiger partial charge in [0.15, 0.2) is 0 Å². The van der Waals surface area contributed by atoms with E-state index in [9.17, 15) is 4.79 Å². The molecule has 18 heavy (non-hydrogen) atoms. The van der Waals surface area contributed by atoms with E-state index in [4.69, 9.17) is 5.73 Å². The highest BCUT2D eigenvalue weighted by Gasteiger charge is 2.20. The quantitative estimate of drug-likeness (QED) is 0.836. The lowest BCUT2D eigenvalue weighted by Gasteiger charge is -2.27. The number of nitrogens with zero attached hydrogens (tertiary/aromatic N) is 1. The third-order valence-corrected chi connectivity index (χ3v) is 3.30. The molecular formula is C14H23N3O. The van der Waals surface area contributed by atoms with Crippen molar-refractivity contribution in [3.63, 3.8) is 0 Å². The highest BCUT2D eigenvalue weighted by molar-refractivity contribution is 5.95. The first-order chi connectivity index (χ1) is 8.47. The van der Waals surface area contributed by atoms with E-state index in [1.165, 1.54) is 0 Å². The van der Waals surface area contributed by atoms with Gasteiger partial charge in [-0.3, -0.25) is 9.69 Å². The molecule has 1 aromatic carbocycles. The summed E-state index contributed by atoms with van der Waals surface area (Å²) >= 11 is 0. The van der Waals surface area contributed by atoms with E-state index < -0.39 is 0 Å². The van der Waals surface area contributed by atoms with E-state index in [2.05, 4.69) is 19.2 Å². The Morgan fingerprint density at radius 1 is 1.33 bits per heavy atom. The third kappa shape index (κ3) is 3.55. The molecule has 0 aliphatic rings. The van der Waals surface area contributed by atoms with Gasteiger partial charge in [-0.25, -0.2) is 0 Å². The first-order valence-electron chi connectivity index (χ1n) is 6.28. The van der Waals surface area contributed by atoms with E-state index in [0.29, 0.717) is 12.6 Å². The van der Waals surface area contributed by atoms with Crippen LogP contribution in [0.3, 0.4) is 0 Å². The van der Waals surface area contributed by atoms with Crippen molar-refractivity contribution < 1.29 is 4.79 Å². The van der Waals surface area contributed by atoms with E-state index in [-0.39, 0.29) is 11.9 Å². The molecule has 100 valence electrons. The predicted octanol–water partition coefficient (Wildman–Crippen LogP) is 1.81. The molecule has 3 N–H and O–H groups in total. The number of anilines is 1. The van der Waals surface area contributed by atoms with E-state index in [1.807, 2.05) is 43.1 Å². The van der Waals surface area contributed by atoms with Crippen LogP contribution in [-0.2, 0) is 11.3 Å². The summed E-state index contributed by atoms with van der Waals surface area (Å²) in [5, 5.41) is 2.94. The number of carbonyl (C=O) groups excluding carboxylic acids is 1. The Kier molecular flexibility index (Phi) is 5.31. The lowest BCUT2D eigenvalue weighted by Crippen LogP contribution is -2.43. The summed E-state index contributed by atoms with van der Waals surface area (Å²) < 4.78 is 0. The van der Waals surface area contributed by atoms with Crippen LogP contribution < -0.4 is 11.1 Å². The smallest absolute Gasteiger partial charge is 0.241 e. The van der Waals surface area contributed by atoms with Crippen LogP contribution in [0.5, 0.6) is 0 Å². The molecule has 1 amide bonds. The number of carbonyl (C=O) groups is 1. The van der Waals surface area contributed by atoms with Gasteiger partial charge in [0.05, 0.1) is 6.04 Å². The predicted molar refractivity (Wildman–Crippen MR) is 75.3 cm³/mol. The van der Waals surface area contributed by atoms with E-state index in [0.717, 1.165) is 11.3 Å². The topological polar surface area (TPSA) is 58.4 Å². The zero-order chi connectivity index (χ0) is 13.7. The van der Waals surface area contributed by atoms with Gasteiger partial charge in [-0.2, -0.15) is 0 Å². The molecule has 0 saturated carbocycles. The molecule has 1 aromatic rings. The molecule has 4 heteroatoms. The molecule has 0 spiro atoms. The van der Waals surface area contributed by atoms with Crippen molar-refractivity contribution in [3.05, 3.63) is 29.8 Å². The lowest BCUT2D eigenvalue weighted by molar-refractivity contribution is -0.120. The van der Waals surface area contributed by atoms with Crippen molar-refractivity contribution >= 4 is 11.6 Å². The number of benzene rings is 1. The Morgan fingerprint density at radius 3 is 2.50 bits per heavy atom. The maximum atomic E-state index is 12.1. The second-order valence-electron chi connectivity index (χ2n) is 4.79. The molecule has 1 rings (SSSR count). The number of hydrogen-bond acceptors (Lipinski definition) is 3. The summed E-state index contributed by atoms with van der Waals surface area (Å²) in [6, 6.07) is 7.77. The molecular weight excluding hydrogens is 226 g/mol. The fourth-order valence-electron chi connectivity index (χ4n) is 1.69. The third-order valence-electron chi connectivity index (χ3n) is 3.30. The molecule has 0 aliphatic heterocycles. The van der Waals surface area contributed by atoms with Crippen molar-refractivity contribution in [2.24, 2.45) is 5.73 Å². The SMILES string of the molecule is CC(C)N(C)C(C)C(=O)Nc1ccccc1CN.